The molecule has 1 nitrogen and oxygen atoms in total. The highest BCUT2D eigenvalue weighted by Gasteiger charge is 2.07. The zero-order valence-corrected chi connectivity index (χ0v) is 10.1. The van der Waals surface area contributed by atoms with Crippen LogP contribution in [0.1, 0.15) is 18.4 Å². The van der Waals surface area contributed by atoms with Crippen molar-refractivity contribution in [3.8, 4) is 0 Å². The van der Waals surface area contributed by atoms with Gasteiger partial charge in [0.25, 0.3) is 0 Å². The van der Waals surface area contributed by atoms with Gasteiger partial charge < -0.3 is 0 Å². The Morgan fingerprint density at radius 2 is 2.00 bits per heavy atom. The van der Waals surface area contributed by atoms with E-state index in [4.69, 9.17) is 11.6 Å². The monoisotopic (exact) mass is 274 g/mol. The number of rotatable bonds is 5. The van der Waals surface area contributed by atoms with Crippen LogP contribution >= 0.6 is 27.5 Å². The van der Waals surface area contributed by atoms with E-state index in [-0.39, 0.29) is 5.24 Å². The lowest BCUT2D eigenvalue weighted by Gasteiger charge is -2.07. The molecule has 0 amide bonds. The van der Waals surface area contributed by atoms with Crippen molar-refractivity contribution in [1.82, 2.24) is 0 Å². The summed E-state index contributed by atoms with van der Waals surface area (Å²) < 4.78 is 0. The lowest BCUT2D eigenvalue weighted by Crippen LogP contribution is -2.04. The minimum atomic E-state index is -0.262. The summed E-state index contributed by atoms with van der Waals surface area (Å²) in [4.78, 5) is 10.9. The van der Waals surface area contributed by atoms with Crippen LogP contribution < -0.4 is 0 Å². The Hall–Kier alpha value is -0.340. The van der Waals surface area contributed by atoms with Crippen LogP contribution in [-0.4, -0.2) is 10.1 Å². The SMILES string of the molecule is O=C(Cl)CCC(Br)Cc1ccccc1. The van der Waals surface area contributed by atoms with Gasteiger partial charge in [0.1, 0.15) is 0 Å². The molecule has 0 aliphatic heterocycles. The number of hydrogen-bond acceptors (Lipinski definition) is 1. The van der Waals surface area contributed by atoms with E-state index < -0.39 is 0 Å². The predicted molar refractivity (Wildman–Crippen MR) is 63.0 cm³/mol. The van der Waals surface area contributed by atoms with Crippen LogP contribution in [0.4, 0.5) is 0 Å². The van der Waals surface area contributed by atoms with Crippen molar-refractivity contribution < 1.29 is 4.79 Å². The van der Waals surface area contributed by atoms with Crippen LogP contribution in [0.2, 0.25) is 0 Å². The zero-order valence-electron chi connectivity index (χ0n) is 7.75. The first kappa shape index (κ1) is 11.7. The van der Waals surface area contributed by atoms with Crippen molar-refractivity contribution in [3.63, 3.8) is 0 Å². The van der Waals surface area contributed by atoms with Gasteiger partial charge in [-0.15, -0.1) is 0 Å². The maximum atomic E-state index is 10.5. The van der Waals surface area contributed by atoms with Crippen molar-refractivity contribution in [1.29, 1.82) is 0 Å². The smallest absolute Gasteiger partial charge is 0.221 e. The van der Waals surface area contributed by atoms with Crippen molar-refractivity contribution >= 4 is 32.8 Å². The van der Waals surface area contributed by atoms with Gasteiger partial charge in [0, 0.05) is 11.2 Å². The summed E-state index contributed by atoms with van der Waals surface area (Å²) in [5, 5.41) is -0.262. The molecule has 0 heterocycles. The molecule has 3 heteroatoms. The molecule has 0 bridgehead atoms. The fraction of sp³-hybridized carbons (Fsp3) is 0.364. The summed E-state index contributed by atoms with van der Waals surface area (Å²) in [5.74, 6) is 0. The maximum absolute atomic E-state index is 10.5. The van der Waals surface area contributed by atoms with Gasteiger partial charge in [0.2, 0.25) is 5.24 Å². The predicted octanol–water partition coefficient (Wildman–Crippen LogP) is 3.54. The summed E-state index contributed by atoms with van der Waals surface area (Å²) >= 11 is 8.80. The Kier molecular flexibility index (Phi) is 5.20. The average molecular weight is 276 g/mol. The molecule has 76 valence electrons. The first-order chi connectivity index (χ1) is 6.68. The first-order valence-electron chi connectivity index (χ1n) is 4.55. The Morgan fingerprint density at radius 1 is 1.36 bits per heavy atom. The fourth-order valence-corrected chi connectivity index (χ4v) is 1.95. The highest BCUT2D eigenvalue weighted by atomic mass is 79.9. The largest absolute Gasteiger partial charge is 0.281 e. The van der Waals surface area contributed by atoms with Gasteiger partial charge in [-0.25, -0.2) is 0 Å². The fourth-order valence-electron chi connectivity index (χ4n) is 1.24. The van der Waals surface area contributed by atoms with Gasteiger partial charge in [-0.2, -0.15) is 0 Å². The third-order valence-electron chi connectivity index (χ3n) is 1.95. The van der Waals surface area contributed by atoms with Crippen LogP contribution in [0.15, 0.2) is 30.3 Å². The molecule has 0 N–H and O–H groups in total. The summed E-state index contributed by atoms with van der Waals surface area (Å²) in [7, 11) is 0. The van der Waals surface area contributed by atoms with E-state index in [1.807, 2.05) is 18.2 Å². The Balaban J connectivity index is 2.34. The third-order valence-corrected chi connectivity index (χ3v) is 2.92. The summed E-state index contributed by atoms with van der Waals surface area (Å²) in [6.07, 6.45) is 2.16. The first-order valence-corrected chi connectivity index (χ1v) is 5.84. The quantitative estimate of drug-likeness (QED) is 0.593. The van der Waals surface area contributed by atoms with Crippen LogP contribution in [0, 0.1) is 0 Å². The molecule has 0 spiro atoms. The van der Waals surface area contributed by atoms with Crippen molar-refractivity contribution in [2.45, 2.75) is 24.1 Å². The minimum Gasteiger partial charge on any atom is -0.281 e. The number of alkyl halides is 1. The number of carbonyl (C=O) groups excluding carboxylic acids is 1. The van der Waals surface area contributed by atoms with Crippen LogP contribution in [0.3, 0.4) is 0 Å². The van der Waals surface area contributed by atoms with E-state index in [9.17, 15) is 4.79 Å². The standard InChI is InChI=1S/C11H12BrClO/c12-10(6-7-11(13)14)8-9-4-2-1-3-5-9/h1-5,10H,6-8H2. The highest BCUT2D eigenvalue weighted by Crippen LogP contribution is 2.15. The van der Waals surface area contributed by atoms with Gasteiger partial charge in [-0.3, -0.25) is 4.79 Å². The van der Waals surface area contributed by atoms with E-state index in [0.29, 0.717) is 11.2 Å². The van der Waals surface area contributed by atoms with E-state index in [0.717, 1.165) is 12.8 Å². The van der Waals surface area contributed by atoms with Crippen molar-refractivity contribution in [2.24, 2.45) is 0 Å². The second kappa shape index (κ2) is 6.20. The van der Waals surface area contributed by atoms with Gasteiger partial charge in [-0.05, 0) is 30.0 Å². The van der Waals surface area contributed by atoms with Crippen molar-refractivity contribution in [3.05, 3.63) is 35.9 Å². The third kappa shape index (κ3) is 4.77. The molecule has 0 aliphatic carbocycles. The topological polar surface area (TPSA) is 17.1 Å². The zero-order chi connectivity index (χ0) is 10.4. The molecular formula is C11H12BrClO. The molecule has 0 saturated heterocycles. The van der Waals surface area contributed by atoms with Crippen LogP contribution in [0.25, 0.3) is 0 Å². The van der Waals surface area contributed by atoms with Gasteiger partial charge in [0.05, 0.1) is 0 Å². The van der Waals surface area contributed by atoms with Gasteiger partial charge in [-0.1, -0.05) is 46.3 Å². The van der Waals surface area contributed by atoms with Gasteiger partial charge in [0.15, 0.2) is 0 Å². The van der Waals surface area contributed by atoms with E-state index in [1.165, 1.54) is 5.56 Å². The summed E-state index contributed by atoms with van der Waals surface area (Å²) in [6.45, 7) is 0. The number of halogens is 2. The Labute approximate surface area is 97.6 Å². The van der Waals surface area contributed by atoms with Crippen LogP contribution in [-0.2, 0) is 11.2 Å². The molecule has 1 aromatic rings. The molecule has 0 aliphatic rings. The molecule has 1 rings (SSSR count). The number of hydrogen-bond donors (Lipinski definition) is 0. The number of carbonyl (C=O) groups is 1. The minimum absolute atomic E-state index is 0.262. The average Bonchev–Trinajstić information content (AvgIpc) is 2.16. The Bertz CT molecular complexity index is 287. The second-order valence-corrected chi connectivity index (χ2v) is 4.90. The molecule has 14 heavy (non-hydrogen) atoms. The molecule has 1 atom stereocenters. The molecule has 1 aromatic carbocycles. The molecule has 0 saturated carbocycles. The molecule has 0 aromatic heterocycles. The lowest BCUT2D eigenvalue weighted by atomic mass is 10.1. The van der Waals surface area contributed by atoms with Gasteiger partial charge >= 0.3 is 0 Å². The lowest BCUT2D eigenvalue weighted by molar-refractivity contribution is -0.111. The van der Waals surface area contributed by atoms with Crippen molar-refractivity contribution in [2.75, 3.05) is 0 Å². The Morgan fingerprint density at radius 3 is 2.57 bits per heavy atom. The summed E-state index contributed by atoms with van der Waals surface area (Å²) in [5.41, 5.74) is 1.27. The highest BCUT2D eigenvalue weighted by molar-refractivity contribution is 9.09. The molecule has 1 unspecified atom stereocenters. The maximum Gasteiger partial charge on any atom is 0.221 e. The normalized spacial score (nSPS) is 12.4. The van der Waals surface area contributed by atoms with Crippen LogP contribution in [0.5, 0.6) is 0 Å². The van der Waals surface area contributed by atoms with E-state index in [1.54, 1.807) is 0 Å². The van der Waals surface area contributed by atoms with E-state index in [2.05, 4.69) is 28.1 Å². The number of benzene rings is 1. The van der Waals surface area contributed by atoms with E-state index >= 15 is 0 Å². The molecule has 0 fully saturated rings. The molecular weight excluding hydrogens is 263 g/mol. The summed E-state index contributed by atoms with van der Waals surface area (Å²) in [6, 6.07) is 10.2. The molecule has 0 radical (unpaired) electrons. The second-order valence-electron chi connectivity index (χ2n) is 3.18.